The summed E-state index contributed by atoms with van der Waals surface area (Å²) in [7, 11) is 1.89. The lowest BCUT2D eigenvalue weighted by Gasteiger charge is -2.15. The van der Waals surface area contributed by atoms with E-state index in [2.05, 4.69) is 25.7 Å². The molecule has 0 spiro atoms. The molecule has 4 rings (SSSR count). The van der Waals surface area contributed by atoms with Gasteiger partial charge in [0.05, 0.1) is 4.88 Å². The molecular weight excluding hydrogens is 426 g/mol. The summed E-state index contributed by atoms with van der Waals surface area (Å²) in [6, 6.07) is 10.9. The van der Waals surface area contributed by atoms with Gasteiger partial charge in [-0.15, -0.1) is 21.5 Å². The van der Waals surface area contributed by atoms with E-state index in [9.17, 15) is 4.79 Å². The third-order valence-corrected chi connectivity index (χ3v) is 6.43. The predicted octanol–water partition coefficient (Wildman–Crippen LogP) is 4.15. The summed E-state index contributed by atoms with van der Waals surface area (Å²) in [4.78, 5) is 14.8. The summed E-state index contributed by atoms with van der Waals surface area (Å²) in [6.45, 7) is 1.80. The minimum atomic E-state index is -0.522. The van der Waals surface area contributed by atoms with E-state index < -0.39 is 6.04 Å². The summed E-state index contributed by atoms with van der Waals surface area (Å²) < 4.78 is 3.99. The van der Waals surface area contributed by atoms with Gasteiger partial charge in [0.2, 0.25) is 5.91 Å². The Morgan fingerprint density at radius 2 is 2.10 bits per heavy atom. The summed E-state index contributed by atoms with van der Waals surface area (Å²) in [6.07, 6.45) is 1.66. The number of nitrogens with zero attached hydrogens (tertiary/aromatic N) is 5. The van der Waals surface area contributed by atoms with E-state index in [1.165, 1.54) is 11.8 Å². The van der Waals surface area contributed by atoms with E-state index in [-0.39, 0.29) is 5.91 Å². The highest BCUT2D eigenvalue weighted by molar-refractivity contribution is 7.99. The van der Waals surface area contributed by atoms with Crippen LogP contribution in [0.15, 0.2) is 58.2 Å². The van der Waals surface area contributed by atoms with Crippen molar-refractivity contribution in [1.29, 1.82) is 0 Å². The molecule has 0 fully saturated rings. The van der Waals surface area contributed by atoms with Crippen LogP contribution < -0.4 is 5.32 Å². The van der Waals surface area contributed by atoms with Crippen LogP contribution in [0.3, 0.4) is 0 Å². The number of rotatable bonds is 6. The smallest absolute Gasteiger partial charge is 0.247 e. The van der Waals surface area contributed by atoms with E-state index in [0.29, 0.717) is 16.3 Å². The van der Waals surface area contributed by atoms with Gasteiger partial charge in [-0.2, -0.15) is 5.10 Å². The standard InChI is InChI=1S/C18H17N7OS3/c1-11(25-15(21-22-17(25)27)14-4-3-9-28-14)16(26)20-12-5-7-13(8-6-12)29-18-23-19-10-24(18)2/h3-11H,1-2H3,(H,20,26)(H,22,27). The maximum Gasteiger partial charge on any atom is 0.247 e. The second-order valence-electron chi connectivity index (χ2n) is 6.22. The highest BCUT2D eigenvalue weighted by Crippen LogP contribution is 2.28. The molecule has 0 saturated heterocycles. The van der Waals surface area contributed by atoms with Crippen LogP contribution in [0, 0.1) is 4.77 Å². The number of aromatic nitrogens is 6. The average molecular weight is 444 g/mol. The minimum Gasteiger partial charge on any atom is -0.324 e. The van der Waals surface area contributed by atoms with Crippen molar-refractivity contribution in [2.45, 2.75) is 23.0 Å². The minimum absolute atomic E-state index is 0.172. The fourth-order valence-electron chi connectivity index (χ4n) is 2.68. The Kier molecular flexibility index (Phi) is 5.60. The Bertz CT molecular complexity index is 1170. The van der Waals surface area contributed by atoms with Crippen molar-refractivity contribution in [3.05, 3.63) is 52.9 Å². The first-order chi connectivity index (χ1) is 14.0. The molecular formula is C18H17N7OS3. The molecule has 3 aromatic heterocycles. The molecule has 11 heteroatoms. The number of thiophene rings is 1. The number of carbonyl (C=O) groups excluding carboxylic acids is 1. The molecule has 1 unspecified atom stereocenters. The molecule has 0 saturated carbocycles. The van der Waals surface area contributed by atoms with E-state index in [4.69, 9.17) is 12.2 Å². The van der Waals surface area contributed by atoms with Crippen LogP contribution in [0.4, 0.5) is 5.69 Å². The number of amides is 1. The van der Waals surface area contributed by atoms with Gasteiger partial charge in [-0.1, -0.05) is 6.07 Å². The molecule has 1 amide bonds. The Morgan fingerprint density at radius 3 is 2.76 bits per heavy atom. The maximum atomic E-state index is 12.8. The number of carbonyl (C=O) groups is 1. The molecule has 3 heterocycles. The van der Waals surface area contributed by atoms with Crippen molar-refractivity contribution >= 4 is 46.9 Å². The first-order valence-electron chi connectivity index (χ1n) is 8.66. The zero-order valence-electron chi connectivity index (χ0n) is 15.6. The Balaban J connectivity index is 1.48. The number of anilines is 1. The molecule has 4 aromatic rings. The molecule has 29 heavy (non-hydrogen) atoms. The second-order valence-corrected chi connectivity index (χ2v) is 8.59. The van der Waals surface area contributed by atoms with E-state index in [0.717, 1.165) is 14.9 Å². The number of aromatic amines is 1. The first-order valence-corrected chi connectivity index (χ1v) is 10.8. The molecule has 8 nitrogen and oxygen atoms in total. The number of H-pyrrole nitrogens is 1. The number of hydrogen-bond donors (Lipinski definition) is 2. The monoisotopic (exact) mass is 443 g/mol. The summed E-state index contributed by atoms with van der Waals surface area (Å²) >= 11 is 8.39. The molecule has 0 aliphatic heterocycles. The SMILES string of the molecule is CC(C(=O)Nc1ccc(Sc2nncn2C)cc1)n1c(-c2cccs2)n[nH]c1=S. The van der Waals surface area contributed by atoms with Crippen LogP contribution in [0.1, 0.15) is 13.0 Å². The Hall–Kier alpha value is -2.76. The van der Waals surface area contributed by atoms with Gasteiger partial charge in [0, 0.05) is 17.6 Å². The third-order valence-electron chi connectivity index (χ3n) is 4.21. The summed E-state index contributed by atoms with van der Waals surface area (Å²) in [5.74, 6) is 0.483. The quantitative estimate of drug-likeness (QED) is 0.435. The van der Waals surface area contributed by atoms with Crippen LogP contribution in [-0.2, 0) is 11.8 Å². The van der Waals surface area contributed by atoms with Crippen molar-refractivity contribution in [3.8, 4) is 10.7 Å². The topological polar surface area (TPSA) is 93.4 Å². The van der Waals surface area contributed by atoms with Gasteiger partial charge in [0.15, 0.2) is 15.8 Å². The van der Waals surface area contributed by atoms with Gasteiger partial charge in [0.25, 0.3) is 0 Å². The normalized spacial score (nSPS) is 12.1. The molecule has 0 bridgehead atoms. The van der Waals surface area contributed by atoms with Crippen molar-refractivity contribution in [2.75, 3.05) is 5.32 Å². The Labute approximate surface area is 180 Å². The lowest BCUT2D eigenvalue weighted by Crippen LogP contribution is -2.24. The summed E-state index contributed by atoms with van der Waals surface area (Å²) in [5, 5.41) is 20.7. The fourth-order valence-corrected chi connectivity index (χ4v) is 4.45. The second kappa shape index (κ2) is 8.31. The van der Waals surface area contributed by atoms with Crippen LogP contribution in [0.2, 0.25) is 0 Å². The third kappa shape index (κ3) is 4.16. The zero-order valence-corrected chi connectivity index (χ0v) is 18.0. The molecule has 148 valence electrons. The van der Waals surface area contributed by atoms with Gasteiger partial charge in [-0.25, -0.2) is 0 Å². The van der Waals surface area contributed by atoms with Crippen LogP contribution in [0.25, 0.3) is 10.7 Å². The highest BCUT2D eigenvalue weighted by atomic mass is 32.2. The van der Waals surface area contributed by atoms with Gasteiger partial charge >= 0.3 is 0 Å². The van der Waals surface area contributed by atoms with Gasteiger partial charge in [-0.3, -0.25) is 14.5 Å². The number of nitrogens with one attached hydrogen (secondary N) is 2. The lowest BCUT2D eigenvalue weighted by molar-refractivity contribution is -0.118. The van der Waals surface area contributed by atoms with Gasteiger partial charge < -0.3 is 9.88 Å². The first kappa shape index (κ1) is 19.6. The lowest BCUT2D eigenvalue weighted by atomic mass is 10.2. The van der Waals surface area contributed by atoms with Gasteiger partial charge in [-0.05, 0) is 66.6 Å². The number of benzene rings is 1. The maximum absolute atomic E-state index is 12.8. The number of aryl methyl sites for hydroxylation is 1. The summed E-state index contributed by atoms with van der Waals surface area (Å²) in [5.41, 5.74) is 0.705. The molecule has 1 aromatic carbocycles. The molecule has 0 radical (unpaired) electrons. The molecule has 0 aliphatic carbocycles. The molecule has 1 atom stereocenters. The van der Waals surface area contributed by atoms with E-state index >= 15 is 0 Å². The zero-order chi connectivity index (χ0) is 20.4. The molecule has 0 aliphatic rings. The van der Waals surface area contributed by atoms with Crippen LogP contribution in [-0.4, -0.2) is 35.4 Å². The highest BCUT2D eigenvalue weighted by Gasteiger charge is 2.21. The van der Waals surface area contributed by atoms with E-state index in [1.54, 1.807) is 29.2 Å². The van der Waals surface area contributed by atoms with Crippen molar-refractivity contribution < 1.29 is 4.79 Å². The van der Waals surface area contributed by atoms with Crippen molar-refractivity contribution in [1.82, 2.24) is 29.5 Å². The van der Waals surface area contributed by atoms with E-state index in [1.807, 2.05) is 53.4 Å². The predicted molar refractivity (Wildman–Crippen MR) is 116 cm³/mol. The van der Waals surface area contributed by atoms with Crippen LogP contribution >= 0.6 is 35.3 Å². The van der Waals surface area contributed by atoms with Crippen molar-refractivity contribution in [3.63, 3.8) is 0 Å². The average Bonchev–Trinajstić information content (AvgIpc) is 3.45. The van der Waals surface area contributed by atoms with Crippen LogP contribution in [0.5, 0.6) is 0 Å². The fraction of sp³-hybridized carbons (Fsp3) is 0.167. The van der Waals surface area contributed by atoms with Crippen molar-refractivity contribution in [2.24, 2.45) is 7.05 Å². The van der Waals surface area contributed by atoms with Gasteiger partial charge in [0.1, 0.15) is 12.4 Å². The largest absolute Gasteiger partial charge is 0.324 e. The molecule has 2 N–H and O–H groups in total. The Morgan fingerprint density at radius 1 is 1.31 bits per heavy atom. The number of hydrogen-bond acceptors (Lipinski definition) is 7.